The first-order valence-corrected chi connectivity index (χ1v) is 6.82. The van der Waals surface area contributed by atoms with E-state index < -0.39 is 9.84 Å². The van der Waals surface area contributed by atoms with Gasteiger partial charge in [0.05, 0.1) is 17.3 Å². The Bertz CT molecular complexity index is 650. The van der Waals surface area contributed by atoms with Crippen LogP contribution >= 0.6 is 0 Å². The van der Waals surface area contributed by atoms with Gasteiger partial charge < -0.3 is 10.8 Å². The molecule has 0 aliphatic carbocycles. The number of aliphatic hydroxyl groups excluding tert-OH is 1. The van der Waals surface area contributed by atoms with Crippen LogP contribution in [0.1, 0.15) is 0 Å². The number of anilines is 1. The van der Waals surface area contributed by atoms with Gasteiger partial charge in [-0.2, -0.15) is 0 Å². The van der Waals surface area contributed by atoms with Crippen molar-refractivity contribution in [2.24, 2.45) is 0 Å². The zero-order valence-electron chi connectivity index (χ0n) is 9.13. The Kier molecular flexibility index (Phi) is 3.04. The van der Waals surface area contributed by atoms with Crippen LogP contribution in [-0.4, -0.2) is 25.9 Å². The Hall–Kier alpha value is -1.59. The summed E-state index contributed by atoms with van der Waals surface area (Å²) in [6, 6.07) is 10.1. The van der Waals surface area contributed by atoms with E-state index in [4.69, 9.17) is 10.8 Å². The molecule has 0 heterocycles. The van der Waals surface area contributed by atoms with Gasteiger partial charge in [0.1, 0.15) is 0 Å². The Morgan fingerprint density at radius 1 is 1.18 bits per heavy atom. The number of hydrogen-bond acceptors (Lipinski definition) is 4. The van der Waals surface area contributed by atoms with E-state index in [9.17, 15) is 8.42 Å². The van der Waals surface area contributed by atoms with Crippen molar-refractivity contribution in [3.05, 3.63) is 36.4 Å². The largest absolute Gasteiger partial charge is 0.399 e. The third-order valence-corrected chi connectivity index (χ3v) is 4.31. The number of nitrogens with two attached hydrogens (primary N) is 1. The number of rotatable bonds is 3. The second-order valence-corrected chi connectivity index (χ2v) is 5.86. The van der Waals surface area contributed by atoms with Crippen LogP contribution < -0.4 is 5.73 Å². The highest BCUT2D eigenvalue weighted by Gasteiger charge is 2.16. The molecule has 0 aliphatic rings. The second-order valence-electron chi connectivity index (χ2n) is 3.78. The molecular formula is C12H13NO3S. The van der Waals surface area contributed by atoms with Gasteiger partial charge in [-0.25, -0.2) is 8.42 Å². The van der Waals surface area contributed by atoms with Crippen LogP contribution in [0.25, 0.3) is 10.8 Å². The van der Waals surface area contributed by atoms with Crippen LogP contribution in [0.5, 0.6) is 0 Å². The van der Waals surface area contributed by atoms with E-state index in [2.05, 4.69) is 0 Å². The summed E-state index contributed by atoms with van der Waals surface area (Å²) in [5, 5.41) is 10.2. The highest BCUT2D eigenvalue weighted by molar-refractivity contribution is 7.91. The fourth-order valence-corrected chi connectivity index (χ4v) is 3.04. The van der Waals surface area contributed by atoms with E-state index >= 15 is 0 Å². The summed E-state index contributed by atoms with van der Waals surface area (Å²) in [4.78, 5) is 0.240. The molecule has 0 amide bonds. The number of hydrogen-bond donors (Lipinski definition) is 2. The summed E-state index contributed by atoms with van der Waals surface area (Å²) in [5.41, 5.74) is 6.24. The van der Waals surface area contributed by atoms with Crippen LogP contribution in [0, 0.1) is 0 Å². The first-order chi connectivity index (χ1) is 8.04. The molecule has 0 aromatic heterocycles. The summed E-state index contributed by atoms with van der Waals surface area (Å²) in [5.74, 6) is -0.267. The second kappa shape index (κ2) is 4.35. The molecule has 0 atom stereocenters. The summed E-state index contributed by atoms with van der Waals surface area (Å²) in [6.07, 6.45) is 0. The van der Waals surface area contributed by atoms with Crippen LogP contribution in [-0.2, 0) is 9.84 Å². The maximum Gasteiger partial charge on any atom is 0.181 e. The SMILES string of the molecule is Nc1ccc2c(S(=O)(=O)CCO)cccc2c1. The minimum Gasteiger partial charge on any atom is -0.399 e. The standard InChI is InChI=1S/C12H13NO3S/c13-10-4-5-11-9(8-10)2-1-3-12(11)17(15,16)7-6-14/h1-5,8,14H,6-7,13H2. The number of nitrogen functional groups attached to an aromatic ring is 1. The van der Waals surface area contributed by atoms with Gasteiger partial charge >= 0.3 is 0 Å². The fraction of sp³-hybridized carbons (Fsp3) is 0.167. The predicted molar refractivity (Wildman–Crippen MR) is 67.5 cm³/mol. The van der Waals surface area contributed by atoms with Gasteiger partial charge in [0, 0.05) is 11.1 Å². The highest BCUT2D eigenvalue weighted by atomic mass is 32.2. The molecule has 2 rings (SSSR count). The third-order valence-electron chi connectivity index (χ3n) is 2.56. The lowest BCUT2D eigenvalue weighted by molar-refractivity contribution is 0.319. The van der Waals surface area contributed by atoms with Crippen molar-refractivity contribution in [1.82, 2.24) is 0 Å². The van der Waals surface area contributed by atoms with Crippen molar-refractivity contribution >= 4 is 26.3 Å². The van der Waals surface area contributed by atoms with E-state index in [1.807, 2.05) is 6.07 Å². The Balaban J connectivity index is 2.71. The van der Waals surface area contributed by atoms with Crippen molar-refractivity contribution in [3.63, 3.8) is 0 Å². The summed E-state index contributed by atoms with van der Waals surface area (Å²) >= 11 is 0. The minimum atomic E-state index is -3.44. The van der Waals surface area contributed by atoms with Crippen LogP contribution in [0.15, 0.2) is 41.3 Å². The highest BCUT2D eigenvalue weighted by Crippen LogP contribution is 2.25. The summed E-state index contributed by atoms with van der Waals surface area (Å²) in [6.45, 7) is -0.381. The number of fused-ring (bicyclic) bond motifs is 1. The molecule has 0 unspecified atom stereocenters. The average molecular weight is 251 g/mol. The Labute approximate surface area is 99.6 Å². The van der Waals surface area contributed by atoms with Crippen LogP contribution in [0.3, 0.4) is 0 Å². The lowest BCUT2D eigenvalue weighted by atomic mass is 10.1. The van der Waals surface area contributed by atoms with Gasteiger partial charge in [-0.15, -0.1) is 0 Å². The van der Waals surface area contributed by atoms with Gasteiger partial charge in [-0.05, 0) is 23.6 Å². The minimum absolute atomic E-state index is 0.240. The van der Waals surface area contributed by atoms with Gasteiger partial charge in [0.25, 0.3) is 0 Å². The molecule has 5 heteroatoms. The number of sulfone groups is 1. The van der Waals surface area contributed by atoms with E-state index in [1.54, 1.807) is 30.3 Å². The van der Waals surface area contributed by atoms with Crippen molar-refractivity contribution < 1.29 is 13.5 Å². The molecule has 90 valence electrons. The fourth-order valence-electron chi connectivity index (χ4n) is 1.77. The molecule has 0 fully saturated rings. The third kappa shape index (κ3) is 2.25. The first kappa shape index (κ1) is 11.9. The van der Waals surface area contributed by atoms with Crippen molar-refractivity contribution in [2.75, 3.05) is 18.1 Å². The monoisotopic (exact) mass is 251 g/mol. The zero-order valence-corrected chi connectivity index (χ0v) is 9.94. The molecule has 2 aromatic rings. The maximum absolute atomic E-state index is 11.9. The molecule has 2 aromatic carbocycles. The van der Waals surface area contributed by atoms with Gasteiger partial charge in [0.15, 0.2) is 9.84 Å². The van der Waals surface area contributed by atoms with Crippen molar-refractivity contribution in [2.45, 2.75) is 4.90 Å². The lowest BCUT2D eigenvalue weighted by Gasteiger charge is -2.07. The van der Waals surface area contributed by atoms with Crippen LogP contribution in [0.2, 0.25) is 0 Å². The van der Waals surface area contributed by atoms with Gasteiger partial charge in [-0.3, -0.25) is 0 Å². The van der Waals surface area contributed by atoms with Crippen molar-refractivity contribution in [1.29, 1.82) is 0 Å². The van der Waals surface area contributed by atoms with Crippen molar-refractivity contribution in [3.8, 4) is 0 Å². The maximum atomic E-state index is 11.9. The number of benzene rings is 2. The molecule has 4 nitrogen and oxygen atoms in total. The normalized spacial score (nSPS) is 11.8. The lowest BCUT2D eigenvalue weighted by Crippen LogP contribution is -2.10. The molecule has 3 N–H and O–H groups in total. The van der Waals surface area contributed by atoms with E-state index in [0.717, 1.165) is 5.39 Å². The summed E-state index contributed by atoms with van der Waals surface area (Å²) in [7, 11) is -3.44. The van der Waals surface area contributed by atoms with Crippen LogP contribution in [0.4, 0.5) is 5.69 Å². The zero-order chi connectivity index (χ0) is 12.5. The quantitative estimate of drug-likeness (QED) is 0.803. The molecule has 0 radical (unpaired) electrons. The van der Waals surface area contributed by atoms with E-state index in [-0.39, 0.29) is 17.3 Å². The summed E-state index contributed by atoms with van der Waals surface area (Å²) < 4.78 is 23.9. The Morgan fingerprint density at radius 3 is 2.65 bits per heavy atom. The molecule has 0 saturated carbocycles. The molecule has 0 aliphatic heterocycles. The first-order valence-electron chi connectivity index (χ1n) is 5.16. The molecule has 17 heavy (non-hydrogen) atoms. The number of aliphatic hydroxyl groups is 1. The van der Waals surface area contributed by atoms with E-state index in [0.29, 0.717) is 11.1 Å². The molecule has 0 spiro atoms. The topological polar surface area (TPSA) is 80.4 Å². The Morgan fingerprint density at radius 2 is 1.94 bits per heavy atom. The smallest absolute Gasteiger partial charge is 0.181 e. The van der Waals surface area contributed by atoms with Gasteiger partial charge in [-0.1, -0.05) is 18.2 Å². The molecular weight excluding hydrogens is 238 g/mol. The molecule has 0 saturated heterocycles. The average Bonchev–Trinajstić information content (AvgIpc) is 2.27. The van der Waals surface area contributed by atoms with Gasteiger partial charge in [0.2, 0.25) is 0 Å². The van der Waals surface area contributed by atoms with E-state index in [1.165, 1.54) is 0 Å². The predicted octanol–water partition coefficient (Wildman–Crippen LogP) is 1.19. The molecule has 0 bridgehead atoms.